The highest BCUT2D eigenvalue weighted by molar-refractivity contribution is 6.24. The van der Waals surface area contributed by atoms with Crippen LogP contribution in [0.25, 0.3) is 0 Å². The van der Waals surface area contributed by atoms with E-state index in [0.717, 1.165) is 12.2 Å². The molecule has 0 amide bonds. The van der Waals surface area contributed by atoms with Crippen LogP contribution in [0.1, 0.15) is 0 Å². The van der Waals surface area contributed by atoms with Crippen molar-refractivity contribution in [3.8, 4) is 0 Å². The van der Waals surface area contributed by atoms with Gasteiger partial charge in [-0.05, 0) is 23.8 Å². The Kier molecular flexibility index (Phi) is 2.16. The fourth-order valence-corrected chi connectivity index (χ4v) is 0.913. The van der Waals surface area contributed by atoms with E-state index in [2.05, 4.69) is 0 Å². The molecule has 0 radical (unpaired) electrons. The second-order valence-corrected chi connectivity index (χ2v) is 2.92. The molecule has 0 bridgehead atoms. The van der Waals surface area contributed by atoms with E-state index in [0.29, 0.717) is 6.08 Å². The summed E-state index contributed by atoms with van der Waals surface area (Å²) in [6.45, 7) is 0. The normalized spacial score (nSPS) is 34.6. The molecular formula is C6H5ClFNO3. The Bertz CT molecular complexity index is 278. The second kappa shape index (κ2) is 2.84. The topological polar surface area (TPSA) is 63.4 Å². The van der Waals surface area contributed by atoms with E-state index in [-0.39, 0.29) is 0 Å². The quantitative estimate of drug-likeness (QED) is 0.292. The minimum atomic E-state index is -2.13. The number of rotatable bonds is 1. The molecule has 0 spiro atoms. The predicted octanol–water partition coefficient (Wildman–Crippen LogP) is 0.982. The zero-order valence-corrected chi connectivity index (χ0v) is 6.53. The number of nitrogens with zero attached hydrogens (tertiary/aromatic N) is 1. The van der Waals surface area contributed by atoms with Crippen molar-refractivity contribution < 1.29 is 14.4 Å². The Morgan fingerprint density at radius 3 is 2.83 bits per heavy atom. The summed E-state index contributed by atoms with van der Waals surface area (Å²) in [6, 6.07) is 0. The Morgan fingerprint density at radius 1 is 1.83 bits per heavy atom. The Labute approximate surface area is 72.1 Å². The molecular weight excluding hydrogens is 189 g/mol. The third-order valence-electron chi connectivity index (χ3n) is 1.49. The second-order valence-electron chi connectivity index (χ2n) is 2.31. The highest BCUT2D eigenvalue weighted by atomic mass is 35.5. The van der Waals surface area contributed by atoms with Gasteiger partial charge in [-0.2, -0.15) is 0 Å². The average molecular weight is 194 g/mol. The maximum absolute atomic E-state index is 12.4. The molecule has 0 fully saturated rings. The molecule has 1 aliphatic carbocycles. The molecule has 4 nitrogen and oxygen atoms in total. The third kappa shape index (κ3) is 1.33. The molecule has 1 aliphatic rings. The van der Waals surface area contributed by atoms with Gasteiger partial charge >= 0.3 is 5.00 Å². The standard InChI is InChI=1S/C6H5ClFNO3/c7-6(9(11)12)2-1-4(8)3-5(6)10/h1-3,5,10H. The van der Waals surface area contributed by atoms with Crippen molar-refractivity contribution >= 4 is 11.6 Å². The van der Waals surface area contributed by atoms with Crippen LogP contribution in [0.5, 0.6) is 0 Å². The molecule has 1 N–H and O–H groups in total. The van der Waals surface area contributed by atoms with Crippen LogP contribution in [0.2, 0.25) is 0 Å². The lowest BCUT2D eigenvalue weighted by atomic mass is 10.1. The van der Waals surface area contributed by atoms with Gasteiger partial charge in [0, 0.05) is 6.08 Å². The third-order valence-corrected chi connectivity index (χ3v) is 1.98. The van der Waals surface area contributed by atoms with Gasteiger partial charge in [-0.1, -0.05) is 0 Å². The van der Waals surface area contributed by atoms with Gasteiger partial charge in [0.25, 0.3) is 0 Å². The first-order valence-corrected chi connectivity index (χ1v) is 3.42. The molecule has 0 aromatic carbocycles. The van der Waals surface area contributed by atoms with Crippen molar-refractivity contribution in [2.75, 3.05) is 0 Å². The van der Waals surface area contributed by atoms with Crippen LogP contribution in [-0.4, -0.2) is 21.1 Å². The number of hydrogen-bond acceptors (Lipinski definition) is 3. The number of aliphatic hydroxyl groups is 1. The largest absolute Gasteiger partial charge is 0.380 e. The van der Waals surface area contributed by atoms with E-state index in [4.69, 9.17) is 16.7 Å². The van der Waals surface area contributed by atoms with Crippen molar-refractivity contribution in [1.29, 1.82) is 0 Å². The number of alkyl halides is 1. The summed E-state index contributed by atoms with van der Waals surface area (Å²) in [7, 11) is 0. The molecule has 0 aromatic heterocycles. The summed E-state index contributed by atoms with van der Waals surface area (Å²) < 4.78 is 12.4. The molecule has 0 saturated carbocycles. The van der Waals surface area contributed by atoms with Gasteiger partial charge in [-0.3, -0.25) is 10.1 Å². The first-order valence-electron chi connectivity index (χ1n) is 3.05. The van der Waals surface area contributed by atoms with Crippen LogP contribution in [0, 0.1) is 10.1 Å². The lowest BCUT2D eigenvalue weighted by Gasteiger charge is -2.20. The van der Waals surface area contributed by atoms with Crippen LogP contribution >= 0.6 is 11.6 Å². The van der Waals surface area contributed by atoms with E-state index < -0.39 is 21.9 Å². The van der Waals surface area contributed by atoms with Crippen molar-refractivity contribution in [1.82, 2.24) is 0 Å². The molecule has 0 aliphatic heterocycles. The van der Waals surface area contributed by atoms with E-state index in [1.807, 2.05) is 0 Å². The lowest BCUT2D eigenvalue weighted by molar-refractivity contribution is -0.537. The molecule has 0 heterocycles. The summed E-state index contributed by atoms with van der Waals surface area (Å²) >= 11 is 5.38. The maximum atomic E-state index is 12.4. The number of allylic oxidation sites excluding steroid dienone is 2. The first kappa shape index (κ1) is 9.15. The van der Waals surface area contributed by atoms with E-state index in [1.165, 1.54) is 0 Å². The average Bonchev–Trinajstić information content (AvgIpc) is 1.97. The molecule has 12 heavy (non-hydrogen) atoms. The number of hydrogen-bond donors (Lipinski definition) is 1. The number of nitro groups is 1. The Hall–Kier alpha value is -0.940. The van der Waals surface area contributed by atoms with Gasteiger partial charge in [0.15, 0.2) is 6.10 Å². The zero-order valence-electron chi connectivity index (χ0n) is 5.78. The highest BCUT2D eigenvalue weighted by Crippen LogP contribution is 2.28. The molecule has 2 unspecified atom stereocenters. The van der Waals surface area contributed by atoms with Gasteiger partial charge in [-0.15, -0.1) is 0 Å². The van der Waals surface area contributed by atoms with Gasteiger partial charge in [0.05, 0.1) is 4.92 Å². The Morgan fingerprint density at radius 2 is 2.42 bits per heavy atom. The SMILES string of the molecule is O=[N+]([O-])C1(Cl)C=CC(F)=CC1O. The number of aliphatic hydroxyl groups excluding tert-OH is 1. The lowest BCUT2D eigenvalue weighted by Crippen LogP contribution is -2.42. The summed E-state index contributed by atoms with van der Waals surface area (Å²) in [5, 5.41) is 19.3. The monoisotopic (exact) mass is 193 g/mol. The van der Waals surface area contributed by atoms with Gasteiger partial charge in [-0.25, -0.2) is 4.39 Å². The van der Waals surface area contributed by atoms with Crippen LogP contribution in [0.3, 0.4) is 0 Å². The molecule has 6 heteroatoms. The van der Waals surface area contributed by atoms with Gasteiger partial charge < -0.3 is 5.11 Å². The molecule has 2 atom stereocenters. The first-order chi connectivity index (χ1) is 5.47. The fourth-order valence-electron chi connectivity index (χ4n) is 0.787. The van der Waals surface area contributed by atoms with Gasteiger partial charge in [0.2, 0.25) is 0 Å². The van der Waals surface area contributed by atoms with E-state index in [1.54, 1.807) is 0 Å². The minimum absolute atomic E-state index is 0.690. The summed E-state index contributed by atoms with van der Waals surface area (Å²) in [6.07, 6.45) is 0.714. The maximum Gasteiger partial charge on any atom is 0.343 e. The molecule has 0 aromatic rings. The number of halogens is 2. The van der Waals surface area contributed by atoms with Crippen LogP contribution in [0.15, 0.2) is 24.1 Å². The predicted molar refractivity (Wildman–Crippen MR) is 39.9 cm³/mol. The van der Waals surface area contributed by atoms with Crippen molar-refractivity contribution in [2.24, 2.45) is 0 Å². The summed E-state index contributed by atoms with van der Waals surface area (Å²) in [5.74, 6) is -0.736. The smallest absolute Gasteiger partial charge is 0.343 e. The molecule has 0 saturated heterocycles. The fraction of sp³-hybridized carbons (Fsp3) is 0.333. The Balaban J connectivity index is 2.99. The van der Waals surface area contributed by atoms with Crippen LogP contribution in [-0.2, 0) is 0 Å². The van der Waals surface area contributed by atoms with Crippen molar-refractivity contribution in [2.45, 2.75) is 11.1 Å². The zero-order chi connectivity index (χ0) is 9.35. The molecule has 66 valence electrons. The summed E-state index contributed by atoms with van der Waals surface area (Å²) in [5.41, 5.74) is 0. The van der Waals surface area contributed by atoms with Crippen LogP contribution in [0.4, 0.5) is 4.39 Å². The van der Waals surface area contributed by atoms with Crippen molar-refractivity contribution in [3.63, 3.8) is 0 Å². The van der Waals surface area contributed by atoms with Crippen molar-refractivity contribution in [3.05, 3.63) is 34.2 Å². The molecule has 1 rings (SSSR count). The van der Waals surface area contributed by atoms with Gasteiger partial charge in [0.1, 0.15) is 5.83 Å². The summed E-state index contributed by atoms with van der Waals surface area (Å²) in [4.78, 5) is 7.30. The van der Waals surface area contributed by atoms with E-state index in [9.17, 15) is 14.5 Å². The highest BCUT2D eigenvalue weighted by Gasteiger charge is 2.46. The minimum Gasteiger partial charge on any atom is -0.380 e. The van der Waals surface area contributed by atoms with E-state index >= 15 is 0 Å². The van der Waals surface area contributed by atoms with Crippen LogP contribution < -0.4 is 0 Å².